The molecule has 0 aliphatic carbocycles. The van der Waals surface area contributed by atoms with Crippen LogP contribution in [0.4, 0.5) is 4.39 Å². The van der Waals surface area contributed by atoms with Crippen molar-refractivity contribution >= 4 is 15.7 Å². The minimum Gasteiger partial charge on any atom is -0.457 e. The molecule has 2 aromatic rings. The summed E-state index contributed by atoms with van der Waals surface area (Å²) in [5.74, 6) is 0.415. The Labute approximate surface area is 145 Å². The molecule has 1 amide bonds. The number of hydrogen-bond acceptors (Lipinski definition) is 4. The van der Waals surface area contributed by atoms with Crippen molar-refractivity contribution in [3.8, 4) is 11.5 Å². The Morgan fingerprint density at radius 2 is 1.84 bits per heavy atom. The summed E-state index contributed by atoms with van der Waals surface area (Å²) in [5.41, 5.74) is 0.423. The number of amides is 1. The lowest BCUT2D eigenvalue weighted by atomic mass is 10.1. The predicted molar refractivity (Wildman–Crippen MR) is 92.1 cm³/mol. The Bertz CT molecular complexity index is 874. The van der Waals surface area contributed by atoms with Crippen LogP contribution in [0, 0.1) is 5.82 Å². The minimum absolute atomic E-state index is 0.0840. The maximum absolute atomic E-state index is 12.9. The summed E-state index contributed by atoms with van der Waals surface area (Å²) in [4.78, 5) is 14.0. The average molecular weight is 363 g/mol. The minimum atomic E-state index is -3.11. The molecule has 1 aliphatic rings. The zero-order valence-corrected chi connectivity index (χ0v) is 14.5. The predicted octanol–water partition coefficient (Wildman–Crippen LogP) is 2.88. The van der Waals surface area contributed by atoms with Crippen LogP contribution in [-0.2, 0) is 9.84 Å². The third-order valence-corrected chi connectivity index (χ3v) is 6.29. The fourth-order valence-corrected chi connectivity index (χ4v) is 3.87. The van der Waals surface area contributed by atoms with Gasteiger partial charge >= 0.3 is 0 Å². The lowest BCUT2D eigenvalue weighted by molar-refractivity contribution is 0.0658. The van der Waals surface area contributed by atoms with E-state index in [0.29, 0.717) is 17.1 Å². The zero-order chi connectivity index (χ0) is 18.0. The molecule has 0 spiro atoms. The van der Waals surface area contributed by atoms with Gasteiger partial charge in [-0.15, -0.1) is 0 Å². The van der Waals surface area contributed by atoms with E-state index in [1.807, 2.05) is 0 Å². The van der Waals surface area contributed by atoms with Gasteiger partial charge in [-0.25, -0.2) is 12.8 Å². The molecule has 5 nitrogen and oxygen atoms in total. The summed E-state index contributed by atoms with van der Waals surface area (Å²) >= 11 is 0. The molecule has 0 bridgehead atoms. The van der Waals surface area contributed by atoms with Gasteiger partial charge in [-0.3, -0.25) is 4.79 Å². The number of rotatable bonds is 5. The Kier molecular flexibility index (Phi) is 4.76. The van der Waals surface area contributed by atoms with Crippen LogP contribution in [0.1, 0.15) is 17.3 Å². The number of hydrogen-bond donors (Lipinski definition) is 0. The first-order valence-electron chi connectivity index (χ1n) is 7.93. The highest BCUT2D eigenvalue weighted by Crippen LogP contribution is 2.25. The van der Waals surface area contributed by atoms with Crippen LogP contribution in [0.25, 0.3) is 0 Å². The Morgan fingerprint density at radius 3 is 2.48 bits per heavy atom. The highest BCUT2D eigenvalue weighted by Gasteiger charge is 2.38. The third-order valence-electron chi connectivity index (χ3n) is 4.18. The first kappa shape index (κ1) is 17.4. The maximum Gasteiger partial charge on any atom is 0.254 e. The molecular formula is C18H18FNO4S. The molecule has 0 aromatic heterocycles. The quantitative estimate of drug-likeness (QED) is 0.819. The Morgan fingerprint density at radius 1 is 1.16 bits per heavy atom. The van der Waals surface area contributed by atoms with Crippen molar-refractivity contribution in [3.63, 3.8) is 0 Å². The second-order valence-corrected chi connectivity index (χ2v) is 8.44. The number of ether oxygens (including phenoxy) is 1. The summed E-state index contributed by atoms with van der Waals surface area (Å²) in [6.07, 6.45) is 0. The molecule has 0 atom stereocenters. The van der Waals surface area contributed by atoms with Gasteiger partial charge in [0.05, 0.1) is 5.25 Å². The summed E-state index contributed by atoms with van der Waals surface area (Å²) < 4.78 is 42.1. The highest BCUT2D eigenvalue weighted by molar-refractivity contribution is 7.92. The topological polar surface area (TPSA) is 63.7 Å². The molecule has 2 aromatic carbocycles. The van der Waals surface area contributed by atoms with Gasteiger partial charge in [0.1, 0.15) is 17.3 Å². The van der Waals surface area contributed by atoms with Gasteiger partial charge in [-0.2, -0.15) is 0 Å². The van der Waals surface area contributed by atoms with E-state index in [9.17, 15) is 17.6 Å². The van der Waals surface area contributed by atoms with Crippen LogP contribution >= 0.6 is 0 Å². The summed E-state index contributed by atoms with van der Waals surface area (Å²) in [7, 11) is -3.11. The fourth-order valence-electron chi connectivity index (χ4n) is 2.58. The van der Waals surface area contributed by atoms with Crippen molar-refractivity contribution < 1.29 is 22.3 Å². The van der Waals surface area contributed by atoms with Crippen LogP contribution < -0.4 is 4.74 Å². The summed E-state index contributed by atoms with van der Waals surface area (Å²) in [6.45, 7) is 2.05. The average Bonchev–Trinajstić information content (AvgIpc) is 2.55. The van der Waals surface area contributed by atoms with Crippen LogP contribution in [-0.4, -0.2) is 43.3 Å². The number of carbonyl (C=O) groups is 1. The van der Waals surface area contributed by atoms with Gasteiger partial charge in [0.15, 0.2) is 9.84 Å². The van der Waals surface area contributed by atoms with E-state index in [2.05, 4.69) is 0 Å². The van der Waals surface area contributed by atoms with E-state index in [0.717, 1.165) is 0 Å². The molecule has 0 saturated carbocycles. The SMILES string of the molecule is CCS(=O)(=O)C1CN(C(=O)c2cccc(Oc3ccc(F)cc3)c2)C1. The number of halogens is 1. The number of sulfone groups is 1. The zero-order valence-electron chi connectivity index (χ0n) is 13.7. The van der Waals surface area contributed by atoms with E-state index in [4.69, 9.17) is 4.74 Å². The number of nitrogens with zero attached hydrogens (tertiary/aromatic N) is 1. The third kappa shape index (κ3) is 3.82. The van der Waals surface area contributed by atoms with Crippen LogP contribution in [0.5, 0.6) is 11.5 Å². The normalized spacial score (nSPS) is 14.9. The monoisotopic (exact) mass is 363 g/mol. The maximum atomic E-state index is 12.9. The Hall–Kier alpha value is -2.41. The number of benzene rings is 2. The molecule has 1 fully saturated rings. The van der Waals surface area contributed by atoms with Crippen LogP contribution in [0.2, 0.25) is 0 Å². The molecule has 132 valence electrons. The second-order valence-electron chi connectivity index (χ2n) is 5.87. The van der Waals surface area contributed by atoms with Crippen molar-refractivity contribution in [2.45, 2.75) is 12.2 Å². The van der Waals surface area contributed by atoms with Gasteiger partial charge in [-0.1, -0.05) is 13.0 Å². The first-order chi connectivity index (χ1) is 11.9. The van der Waals surface area contributed by atoms with E-state index < -0.39 is 15.1 Å². The van der Waals surface area contributed by atoms with Crippen molar-refractivity contribution in [3.05, 3.63) is 59.9 Å². The van der Waals surface area contributed by atoms with Gasteiger partial charge < -0.3 is 9.64 Å². The highest BCUT2D eigenvalue weighted by atomic mass is 32.2. The fraction of sp³-hybridized carbons (Fsp3) is 0.278. The second kappa shape index (κ2) is 6.84. The molecule has 1 heterocycles. The van der Waals surface area contributed by atoms with E-state index in [1.165, 1.54) is 29.2 Å². The van der Waals surface area contributed by atoms with Crippen molar-refractivity contribution in [2.75, 3.05) is 18.8 Å². The van der Waals surface area contributed by atoms with Gasteiger partial charge in [0.25, 0.3) is 5.91 Å². The van der Waals surface area contributed by atoms with Gasteiger partial charge in [0, 0.05) is 24.4 Å². The van der Waals surface area contributed by atoms with Crippen LogP contribution in [0.15, 0.2) is 48.5 Å². The van der Waals surface area contributed by atoms with Gasteiger partial charge in [-0.05, 0) is 42.5 Å². The lowest BCUT2D eigenvalue weighted by Crippen LogP contribution is -2.57. The molecular weight excluding hydrogens is 345 g/mol. The molecule has 1 aliphatic heterocycles. The molecule has 7 heteroatoms. The van der Waals surface area contributed by atoms with E-state index in [1.54, 1.807) is 31.2 Å². The summed E-state index contributed by atoms with van der Waals surface area (Å²) in [6, 6.07) is 12.2. The molecule has 3 rings (SSSR count). The summed E-state index contributed by atoms with van der Waals surface area (Å²) in [5, 5.41) is -0.472. The van der Waals surface area contributed by atoms with Crippen molar-refractivity contribution in [1.82, 2.24) is 4.90 Å². The standard InChI is InChI=1S/C18H18FNO4S/c1-2-25(22,23)17-11-20(12-17)18(21)13-4-3-5-16(10-13)24-15-8-6-14(19)7-9-15/h3-10,17H,2,11-12H2,1H3. The largest absolute Gasteiger partial charge is 0.457 e. The van der Waals surface area contributed by atoms with Crippen molar-refractivity contribution in [1.29, 1.82) is 0 Å². The van der Waals surface area contributed by atoms with Crippen molar-refractivity contribution in [2.24, 2.45) is 0 Å². The van der Waals surface area contributed by atoms with E-state index >= 15 is 0 Å². The van der Waals surface area contributed by atoms with Gasteiger partial charge in [0.2, 0.25) is 0 Å². The molecule has 25 heavy (non-hydrogen) atoms. The number of carbonyl (C=O) groups excluding carboxylic acids is 1. The first-order valence-corrected chi connectivity index (χ1v) is 9.65. The van der Waals surface area contributed by atoms with E-state index in [-0.39, 0.29) is 30.6 Å². The molecule has 1 saturated heterocycles. The number of likely N-dealkylation sites (tertiary alicyclic amines) is 1. The smallest absolute Gasteiger partial charge is 0.254 e. The lowest BCUT2D eigenvalue weighted by Gasteiger charge is -2.38. The molecule has 0 unspecified atom stereocenters. The Balaban J connectivity index is 1.67. The van der Waals surface area contributed by atoms with Crippen LogP contribution in [0.3, 0.4) is 0 Å². The molecule has 0 N–H and O–H groups in total. The molecule has 0 radical (unpaired) electrons.